The molecule has 1 saturated heterocycles. The Morgan fingerprint density at radius 2 is 1.83 bits per heavy atom. The highest BCUT2D eigenvalue weighted by molar-refractivity contribution is 8.26. The lowest BCUT2D eigenvalue weighted by molar-refractivity contribution is -0.115. The number of rotatable bonds is 8. The molecule has 1 fully saturated rings. The van der Waals surface area contributed by atoms with E-state index >= 15 is 0 Å². The molecule has 3 rings (SSSR count). The first-order valence-electron chi connectivity index (χ1n) is 9.63. The quantitative estimate of drug-likeness (QED) is 0.345. The lowest BCUT2D eigenvalue weighted by atomic mass is 10.0. The van der Waals surface area contributed by atoms with E-state index in [-0.39, 0.29) is 5.91 Å². The first-order valence-corrected chi connectivity index (χ1v) is 10.9. The van der Waals surface area contributed by atoms with Crippen LogP contribution in [0.1, 0.15) is 42.9 Å². The Balaban J connectivity index is 1.46. The topological polar surface area (TPSA) is 47.6 Å². The second kappa shape index (κ2) is 9.94. The minimum Gasteiger partial charge on any atom is -0.493 e. The average molecular weight is 428 g/mol. The first kappa shape index (κ1) is 21.4. The van der Waals surface area contributed by atoms with E-state index in [4.69, 9.17) is 21.7 Å². The second-order valence-electron chi connectivity index (χ2n) is 7.17. The third-order valence-electron chi connectivity index (χ3n) is 4.43. The van der Waals surface area contributed by atoms with Crippen molar-refractivity contribution in [2.45, 2.75) is 33.1 Å². The zero-order valence-corrected chi connectivity index (χ0v) is 18.5. The fraction of sp³-hybridized carbons (Fsp3) is 0.304. The summed E-state index contributed by atoms with van der Waals surface area (Å²) in [6, 6.07) is 14.0. The van der Waals surface area contributed by atoms with Crippen molar-refractivity contribution in [3.05, 3.63) is 64.1 Å². The monoisotopic (exact) mass is 427 g/mol. The summed E-state index contributed by atoms with van der Waals surface area (Å²) in [5.74, 6) is 2.05. The second-order valence-corrected chi connectivity index (χ2v) is 8.89. The Hall–Kier alpha value is -2.31. The molecule has 1 heterocycles. The molecule has 1 aliphatic rings. The van der Waals surface area contributed by atoms with E-state index in [0.29, 0.717) is 28.4 Å². The van der Waals surface area contributed by atoms with Crippen molar-refractivity contribution in [1.29, 1.82) is 0 Å². The first-order chi connectivity index (χ1) is 13.9. The number of amides is 1. The highest BCUT2D eigenvalue weighted by atomic mass is 32.2. The van der Waals surface area contributed by atoms with Gasteiger partial charge in [-0.2, -0.15) is 0 Å². The number of ether oxygens (including phenoxy) is 2. The number of hydrogen-bond donors (Lipinski definition) is 1. The highest BCUT2D eigenvalue weighted by Gasteiger charge is 2.21. The molecule has 2 aromatic carbocycles. The van der Waals surface area contributed by atoms with E-state index < -0.39 is 0 Å². The zero-order chi connectivity index (χ0) is 20.8. The molecule has 0 radical (unpaired) electrons. The van der Waals surface area contributed by atoms with Crippen LogP contribution in [0.4, 0.5) is 0 Å². The Labute approximate surface area is 181 Å². The number of nitrogens with one attached hydrogen (secondary N) is 1. The molecule has 29 heavy (non-hydrogen) atoms. The summed E-state index contributed by atoms with van der Waals surface area (Å²) >= 11 is 6.28. The predicted octanol–water partition coefficient (Wildman–Crippen LogP) is 5.46. The van der Waals surface area contributed by atoms with Crippen molar-refractivity contribution >= 4 is 40.3 Å². The Kier molecular flexibility index (Phi) is 7.34. The molecule has 2 aromatic rings. The van der Waals surface area contributed by atoms with Crippen LogP contribution in [0, 0.1) is 6.92 Å². The molecule has 0 bridgehead atoms. The van der Waals surface area contributed by atoms with Crippen molar-refractivity contribution in [2.75, 3.05) is 13.2 Å². The molecule has 0 aliphatic carbocycles. The van der Waals surface area contributed by atoms with Crippen LogP contribution in [0.15, 0.2) is 47.4 Å². The molecule has 152 valence electrons. The van der Waals surface area contributed by atoms with Crippen LogP contribution in [0.2, 0.25) is 0 Å². The van der Waals surface area contributed by atoms with Crippen molar-refractivity contribution in [3.8, 4) is 11.5 Å². The van der Waals surface area contributed by atoms with Gasteiger partial charge in [-0.05, 0) is 53.8 Å². The molecule has 0 saturated carbocycles. The van der Waals surface area contributed by atoms with Crippen LogP contribution in [0.5, 0.6) is 11.5 Å². The normalized spacial score (nSPS) is 15.1. The summed E-state index contributed by atoms with van der Waals surface area (Å²) in [4.78, 5) is 12.3. The van der Waals surface area contributed by atoms with E-state index in [1.165, 1.54) is 22.9 Å². The van der Waals surface area contributed by atoms with Crippen LogP contribution < -0.4 is 14.8 Å². The molecule has 1 aliphatic heterocycles. The molecule has 6 heteroatoms. The fourth-order valence-corrected chi connectivity index (χ4v) is 3.95. The Morgan fingerprint density at radius 1 is 1.10 bits per heavy atom. The van der Waals surface area contributed by atoms with Crippen molar-refractivity contribution < 1.29 is 14.3 Å². The molecule has 1 amide bonds. The van der Waals surface area contributed by atoms with Gasteiger partial charge < -0.3 is 14.8 Å². The van der Waals surface area contributed by atoms with Crippen molar-refractivity contribution in [2.24, 2.45) is 0 Å². The van der Waals surface area contributed by atoms with Gasteiger partial charge in [-0.1, -0.05) is 62.1 Å². The highest BCUT2D eigenvalue weighted by Crippen LogP contribution is 2.28. The van der Waals surface area contributed by atoms with Gasteiger partial charge in [0.15, 0.2) is 0 Å². The van der Waals surface area contributed by atoms with Crippen molar-refractivity contribution in [3.63, 3.8) is 0 Å². The van der Waals surface area contributed by atoms with Gasteiger partial charge >= 0.3 is 0 Å². The van der Waals surface area contributed by atoms with Gasteiger partial charge in [0.05, 0.1) is 18.1 Å². The molecular formula is C23H25NO3S2. The standard InChI is InChI=1S/C23H25NO3S2/c1-15(2)19-10-5-16(3)13-20(19)27-12-4-11-26-18-8-6-17(7-9-18)14-21-22(25)24-23(28)29-21/h5-10,13-15H,4,11-12H2,1-3H3,(H,24,25,28). The maximum absolute atomic E-state index is 11.7. The van der Waals surface area contributed by atoms with E-state index in [0.717, 1.165) is 23.5 Å². The molecular weight excluding hydrogens is 402 g/mol. The van der Waals surface area contributed by atoms with Gasteiger partial charge in [0.2, 0.25) is 0 Å². The molecule has 0 unspecified atom stereocenters. The number of benzene rings is 2. The molecule has 1 N–H and O–H groups in total. The average Bonchev–Trinajstić information content (AvgIpc) is 2.99. The largest absolute Gasteiger partial charge is 0.493 e. The molecule has 0 aromatic heterocycles. The summed E-state index contributed by atoms with van der Waals surface area (Å²) < 4.78 is 12.3. The maximum Gasteiger partial charge on any atom is 0.263 e. The van der Waals surface area contributed by atoms with E-state index in [2.05, 4.69) is 44.3 Å². The smallest absolute Gasteiger partial charge is 0.263 e. The number of hydrogen-bond acceptors (Lipinski definition) is 5. The predicted molar refractivity (Wildman–Crippen MR) is 124 cm³/mol. The van der Waals surface area contributed by atoms with E-state index in [9.17, 15) is 4.79 Å². The zero-order valence-electron chi connectivity index (χ0n) is 16.9. The van der Waals surface area contributed by atoms with Gasteiger partial charge in [-0.25, -0.2) is 0 Å². The SMILES string of the molecule is Cc1ccc(C(C)C)c(OCCCOc2ccc(C=C3SC(=S)NC3=O)cc2)c1. The Bertz CT molecular complexity index is 920. The van der Waals surface area contributed by atoms with Crippen LogP contribution in [-0.4, -0.2) is 23.4 Å². The number of carbonyl (C=O) groups excluding carboxylic acids is 1. The summed E-state index contributed by atoms with van der Waals surface area (Å²) in [7, 11) is 0. The number of thiocarbonyl (C=S) groups is 1. The van der Waals surface area contributed by atoms with Gasteiger partial charge in [-0.15, -0.1) is 0 Å². The van der Waals surface area contributed by atoms with Gasteiger partial charge in [0, 0.05) is 6.42 Å². The summed E-state index contributed by atoms with van der Waals surface area (Å²) in [5, 5.41) is 2.61. The molecule has 0 spiro atoms. The summed E-state index contributed by atoms with van der Waals surface area (Å²) in [6.07, 6.45) is 2.62. The molecule has 0 atom stereocenters. The van der Waals surface area contributed by atoms with Crippen LogP contribution in [0.3, 0.4) is 0 Å². The van der Waals surface area contributed by atoms with Crippen LogP contribution in [0.25, 0.3) is 6.08 Å². The number of carbonyl (C=O) groups is 1. The number of thioether (sulfide) groups is 1. The lowest BCUT2D eigenvalue weighted by Crippen LogP contribution is -2.17. The lowest BCUT2D eigenvalue weighted by Gasteiger charge is -2.15. The third-order valence-corrected chi connectivity index (χ3v) is 5.59. The number of aryl methyl sites for hydroxylation is 1. The van der Waals surface area contributed by atoms with Gasteiger partial charge in [0.1, 0.15) is 15.8 Å². The van der Waals surface area contributed by atoms with Crippen molar-refractivity contribution in [1.82, 2.24) is 5.32 Å². The van der Waals surface area contributed by atoms with Crippen LogP contribution >= 0.6 is 24.0 Å². The van der Waals surface area contributed by atoms with E-state index in [1.54, 1.807) is 0 Å². The van der Waals surface area contributed by atoms with E-state index in [1.807, 2.05) is 30.3 Å². The summed E-state index contributed by atoms with van der Waals surface area (Å²) in [5.41, 5.74) is 3.37. The Morgan fingerprint density at radius 3 is 2.48 bits per heavy atom. The van der Waals surface area contributed by atoms with Crippen LogP contribution in [-0.2, 0) is 4.79 Å². The van der Waals surface area contributed by atoms with Gasteiger partial charge in [-0.3, -0.25) is 4.79 Å². The third kappa shape index (κ3) is 6.08. The minimum absolute atomic E-state index is 0.144. The maximum atomic E-state index is 11.7. The minimum atomic E-state index is -0.144. The molecule has 4 nitrogen and oxygen atoms in total. The van der Waals surface area contributed by atoms with Gasteiger partial charge in [0.25, 0.3) is 5.91 Å². The summed E-state index contributed by atoms with van der Waals surface area (Å²) in [6.45, 7) is 7.61. The fourth-order valence-electron chi connectivity index (χ4n) is 2.91.